The fraction of sp³-hybridized carbons (Fsp3) is 0.889. The van der Waals surface area contributed by atoms with Crippen molar-refractivity contribution in [1.29, 1.82) is 0 Å². The van der Waals surface area contributed by atoms with Crippen LogP contribution in [-0.4, -0.2) is 35.8 Å². The van der Waals surface area contributed by atoms with Gasteiger partial charge in [-0.05, 0) is 20.8 Å². The highest BCUT2D eigenvalue weighted by molar-refractivity contribution is 9.09. The van der Waals surface area contributed by atoms with Gasteiger partial charge in [-0.1, -0.05) is 15.9 Å². The van der Waals surface area contributed by atoms with Gasteiger partial charge < -0.3 is 14.8 Å². The molecule has 0 radical (unpaired) electrons. The van der Waals surface area contributed by atoms with E-state index < -0.39 is 5.60 Å². The molecule has 14 heavy (non-hydrogen) atoms. The van der Waals surface area contributed by atoms with Gasteiger partial charge in [-0.15, -0.1) is 0 Å². The summed E-state index contributed by atoms with van der Waals surface area (Å²) in [7, 11) is 0. The maximum atomic E-state index is 11.4. The summed E-state index contributed by atoms with van der Waals surface area (Å²) in [5.74, 6) is 0. The number of hydrogen-bond acceptors (Lipinski definition) is 3. The Hall–Kier alpha value is -0.290. The van der Waals surface area contributed by atoms with E-state index in [1.54, 1.807) is 0 Å². The molecule has 5 heteroatoms. The first-order valence-corrected chi connectivity index (χ1v) is 5.64. The minimum absolute atomic E-state index is 0.275. The van der Waals surface area contributed by atoms with Crippen LogP contribution in [0.2, 0.25) is 0 Å². The minimum Gasteiger partial charge on any atom is -0.444 e. The third-order valence-corrected chi connectivity index (χ3v) is 2.85. The second-order valence-corrected chi connectivity index (χ2v) is 5.09. The van der Waals surface area contributed by atoms with Crippen LogP contribution < -0.4 is 5.32 Å². The van der Waals surface area contributed by atoms with Crippen molar-refractivity contribution < 1.29 is 14.3 Å². The molecule has 0 aliphatic carbocycles. The Morgan fingerprint density at radius 1 is 1.57 bits per heavy atom. The summed E-state index contributed by atoms with van der Waals surface area (Å²) >= 11 is 3.34. The number of hydrogen-bond donors (Lipinski definition) is 1. The molecule has 0 unspecified atom stereocenters. The molecule has 0 atom stereocenters. The summed E-state index contributed by atoms with van der Waals surface area (Å²) in [6.45, 7) is 6.59. The molecule has 1 N–H and O–H groups in total. The Balaban J connectivity index is 2.40. The van der Waals surface area contributed by atoms with E-state index in [0.717, 1.165) is 0 Å². The molecule has 1 aliphatic heterocycles. The van der Waals surface area contributed by atoms with Crippen LogP contribution in [0.25, 0.3) is 0 Å². The molecule has 1 heterocycles. The zero-order valence-corrected chi connectivity index (χ0v) is 10.3. The highest BCUT2D eigenvalue weighted by Crippen LogP contribution is 2.20. The van der Waals surface area contributed by atoms with Gasteiger partial charge in [0.15, 0.2) is 0 Å². The number of nitrogens with one attached hydrogen (secondary N) is 1. The van der Waals surface area contributed by atoms with Gasteiger partial charge in [0, 0.05) is 5.33 Å². The maximum absolute atomic E-state index is 11.4. The summed E-state index contributed by atoms with van der Waals surface area (Å²) in [6.07, 6.45) is -0.389. The van der Waals surface area contributed by atoms with Crippen LogP contribution in [0.1, 0.15) is 20.8 Å². The van der Waals surface area contributed by atoms with Gasteiger partial charge >= 0.3 is 6.09 Å². The number of carbonyl (C=O) groups excluding carboxylic acids is 1. The van der Waals surface area contributed by atoms with Crippen molar-refractivity contribution in [3.8, 4) is 0 Å². The van der Waals surface area contributed by atoms with E-state index in [-0.39, 0.29) is 11.6 Å². The zero-order valence-electron chi connectivity index (χ0n) is 8.72. The van der Waals surface area contributed by atoms with E-state index in [2.05, 4.69) is 21.2 Å². The van der Waals surface area contributed by atoms with Crippen molar-refractivity contribution in [2.75, 3.05) is 18.5 Å². The molecule has 0 saturated carbocycles. The summed E-state index contributed by atoms with van der Waals surface area (Å²) < 4.78 is 10.2. The SMILES string of the molecule is CC(C)(C)OC(=O)NC1(CBr)COC1. The van der Waals surface area contributed by atoms with Gasteiger partial charge in [0.2, 0.25) is 0 Å². The topological polar surface area (TPSA) is 47.6 Å². The molecule has 4 nitrogen and oxygen atoms in total. The monoisotopic (exact) mass is 265 g/mol. The lowest BCUT2D eigenvalue weighted by atomic mass is 10.0. The Morgan fingerprint density at radius 2 is 2.14 bits per heavy atom. The molecule has 0 spiro atoms. The molecular weight excluding hydrogens is 250 g/mol. The smallest absolute Gasteiger partial charge is 0.408 e. The third-order valence-electron chi connectivity index (χ3n) is 1.78. The number of halogens is 1. The molecule has 1 fully saturated rings. The van der Waals surface area contributed by atoms with Crippen LogP contribution in [0, 0.1) is 0 Å². The van der Waals surface area contributed by atoms with Crippen molar-refractivity contribution in [3.05, 3.63) is 0 Å². The highest BCUT2D eigenvalue weighted by atomic mass is 79.9. The van der Waals surface area contributed by atoms with Gasteiger partial charge in [0.1, 0.15) is 5.60 Å². The lowest BCUT2D eigenvalue weighted by molar-refractivity contribution is -0.0630. The first kappa shape index (κ1) is 11.8. The average Bonchev–Trinajstić information content (AvgIpc) is 1.93. The Kier molecular flexibility index (Phi) is 3.42. The highest BCUT2D eigenvalue weighted by Gasteiger charge is 2.40. The lowest BCUT2D eigenvalue weighted by Crippen LogP contribution is -2.64. The van der Waals surface area contributed by atoms with E-state index in [0.29, 0.717) is 18.5 Å². The maximum Gasteiger partial charge on any atom is 0.408 e. The summed E-state index contributed by atoms with van der Waals surface area (Å²) in [6, 6.07) is 0. The largest absolute Gasteiger partial charge is 0.444 e. The predicted molar refractivity (Wildman–Crippen MR) is 56.7 cm³/mol. The quantitative estimate of drug-likeness (QED) is 0.773. The minimum atomic E-state index is -0.456. The molecule has 1 amide bonds. The number of alkyl halides is 1. The van der Waals surface area contributed by atoms with Gasteiger partial charge in [-0.3, -0.25) is 0 Å². The number of amides is 1. The van der Waals surface area contributed by atoms with Crippen LogP contribution in [0.3, 0.4) is 0 Å². The fourth-order valence-corrected chi connectivity index (χ4v) is 1.52. The van der Waals surface area contributed by atoms with E-state index in [4.69, 9.17) is 9.47 Å². The van der Waals surface area contributed by atoms with E-state index in [1.165, 1.54) is 0 Å². The van der Waals surface area contributed by atoms with Crippen LogP contribution in [0.4, 0.5) is 4.79 Å². The van der Waals surface area contributed by atoms with Crippen LogP contribution >= 0.6 is 15.9 Å². The van der Waals surface area contributed by atoms with Crippen molar-refractivity contribution in [2.24, 2.45) is 0 Å². The third kappa shape index (κ3) is 3.13. The Bertz CT molecular complexity index is 215. The van der Waals surface area contributed by atoms with Gasteiger partial charge in [0.05, 0.1) is 18.8 Å². The summed E-state index contributed by atoms with van der Waals surface area (Å²) in [4.78, 5) is 11.4. The fourth-order valence-electron chi connectivity index (χ4n) is 1.05. The molecule has 0 aromatic carbocycles. The first-order valence-electron chi connectivity index (χ1n) is 4.52. The van der Waals surface area contributed by atoms with Crippen LogP contribution in [0.15, 0.2) is 0 Å². The van der Waals surface area contributed by atoms with E-state index in [9.17, 15) is 4.79 Å². The summed E-state index contributed by atoms with van der Waals surface area (Å²) in [5.41, 5.74) is -0.732. The van der Waals surface area contributed by atoms with Gasteiger partial charge in [-0.25, -0.2) is 4.79 Å². The van der Waals surface area contributed by atoms with E-state index in [1.807, 2.05) is 20.8 Å². The Labute approximate surface area is 92.5 Å². The standard InChI is InChI=1S/C9H16BrNO3/c1-8(2,3)14-7(12)11-9(4-10)5-13-6-9/h4-6H2,1-3H3,(H,11,12). The molecule has 1 aliphatic rings. The van der Waals surface area contributed by atoms with Crippen molar-refractivity contribution in [1.82, 2.24) is 5.32 Å². The molecule has 82 valence electrons. The van der Waals surface area contributed by atoms with Crippen molar-refractivity contribution >= 4 is 22.0 Å². The normalized spacial score (nSPS) is 19.7. The number of alkyl carbamates (subject to hydrolysis) is 1. The Morgan fingerprint density at radius 3 is 2.43 bits per heavy atom. The second-order valence-electron chi connectivity index (χ2n) is 4.53. The molecule has 0 aromatic rings. The van der Waals surface area contributed by atoms with E-state index >= 15 is 0 Å². The second kappa shape index (κ2) is 4.06. The van der Waals surface area contributed by atoms with Crippen LogP contribution in [-0.2, 0) is 9.47 Å². The molecule has 1 saturated heterocycles. The number of rotatable bonds is 2. The molecule has 0 aromatic heterocycles. The van der Waals surface area contributed by atoms with Crippen LogP contribution in [0.5, 0.6) is 0 Å². The number of carbonyl (C=O) groups is 1. The van der Waals surface area contributed by atoms with Gasteiger partial charge in [-0.2, -0.15) is 0 Å². The predicted octanol–water partition coefficient (Wildman–Crippen LogP) is 1.68. The average molecular weight is 266 g/mol. The molecular formula is C9H16BrNO3. The lowest BCUT2D eigenvalue weighted by Gasteiger charge is -2.40. The van der Waals surface area contributed by atoms with Crippen molar-refractivity contribution in [3.63, 3.8) is 0 Å². The zero-order chi connectivity index (χ0) is 10.8. The first-order chi connectivity index (χ1) is 6.37. The van der Waals surface area contributed by atoms with Crippen molar-refractivity contribution in [2.45, 2.75) is 31.9 Å². The molecule has 1 rings (SSSR count). The van der Waals surface area contributed by atoms with Gasteiger partial charge in [0.25, 0.3) is 0 Å². The number of ether oxygens (including phenoxy) is 2. The molecule has 0 bridgehead atoms. The summed E-state index contributed by atoms with van der Waals surface area (Å²) in [5, 5.41) is 3.48.